The highest BCUT2D eigenvalue weighted by Crippen LogP contribution is 2.31. The Hall–Kier alpha value is -2.04. The summed E-state index contributed by atoms with van der Waals surface area (Å²) in [5.74, 6) is 1.34. The Kier molecular flexibility index (Phi) is 4.32. The van der Waals surface area contributed by atoms with Crippen LogP contribution >= 0.6 is 23.2 Å². The second-order valence-corrected chi connectivity index (χ2v) is 5.49. The molecule has 0 aliphatic rings. The predicted octanol–water partition coefficient (Wildman–Crippen LogP) is 5.18. The maximum absolute atomic E-state index is 6.09. The summed E-state index contributed by atoms with van der Waals surface area (Å²) in [6.07, 6.45) is -0.427. The van der Waals surface area contributed by atoms with E-state index >= 15 is 0 Å². The van der Waals surface area contributed by atoms with E-state index in [9.17, 15) is 0 Å². The molecule has 0 radical (unpaired) electrons. The zero-order valence-electron chi connectivity index (χ0n) is 11.7. The van der Waals surface area contributed by atoms with E-state index < -0.39 is 6.10 Å². The predicted molar refractivity (Wildman–Crippen MR) is 85.2 cm³/mol. The minimum absolute atomic E-state index is 0.380. The van der Waals surface area contributed by atoms with Gasteiger partial charge in [-0.05, 0) is 37.3 Å². The Morgan fingerprint density at radius 1 is 1.05 bits per heavy atom. The number of ether oxygens (including phenoxy) is 1. The maximum atomic E-state index is 6.09. The fourth-order valence-corrected chi connectivity index (χ4v) is 2.36. The second kappa shape index (κ2) is 6.38. The van der Waals surface area contributed by atoms with Crippen LogP contribution < -0.4 is 4.74 Å². The summed E-state index contributed by atoms with van der Waals surface area (Å²) in [4.78, 5) is 0. The molecule has 22 heavy (non-hydrogen) atoms. The van der Waals surface area contributed by atoms with Crippen molar-refractivity contribution in [2.45, 2.75) is 13.0 Å². The van der Waals surface area contributed by atoms with Gasteiger partial charge < -0.3 is 9.15 Å². The fraction of sp³-hybridized carbons (Fsp3) is 0.125. The molecule has 0 saturated carbocycles. The van der Waals surface area contributed by atoms with E-state index in [4.69, 9.17) is 32.4 Å². The summed E-state index contributed by atoms with van der Waals surface area (Å²) >= 11 is 11.9. The van der Waals surface area contributed by atoms with Crippen LogP contribution in [0, 0.1) is 0 Å². The van der Waals surface area contributed by atoms with Crippen LogP contribution in [0.15, 0.2) is 52.9 Å². The molecule has 1 aromatic heterocycles. The van der Waals surface area contributed by atoms with Crippen molar-refractivity contribution in [1.29, 1.82) is 0 Å². The van der Waals surface area contributed by atoms with Crippen LogP contribution in [-0.4, -0.2) is 10.2 Å². The smallest absolute Gasteiger partial charge is 0.257 e. The molecule has 1 heterocycles. The molecule has 0 spiro atoms. The van der Waals surface area contributed by atoms with E-state index in [-0.39, 0.29) is 0 Å². The highest BCUT2D eigenvalue weighted by molar-refractivity contribution is 6.35. The summed E-state index contributed by atoms with van der Waals surface area (Å²) in [6, 6.07) is 14.6. The number of benzene rings is 2. The van der Waals surface area contributed by atoms with Crippen LogP contribution in [0.3, 0.4) is 0 Å². The summed E-state index contributed by atoms with van der Waals surface area (Å²) in [6.45, 7) is 1.81. The van der Waals surface area contributed by atoms with Crippen molar-refractivity contribution in [2.24, 2.45) is 0 Å². The van der Waals surface area contributed by atoms with Gasteiger partial charge in [0, 0.05) is 10.6 Å². The molecule has 0 amide bonds. The monoisotopic (exact) mass is 334 g/mol. The number of nitrogens with zero attached hydrogens (tertiary/aromatic N) is 2. The molecule has 0 unspecified atom stereocenters. The van der Waals surface area contributed by atoms with Gasteiger partial charge in [0.05, 0.1) is 5.02 Å². The van der Waals surface area contributed by atoms with E-state index in [0.717, 1.165) is 5.56 Å². The molecule has 0 bridgehead atoms. The lowest BCUT2D eigenvalue weighted by Crippen LogP contribution is -2.03. The van der Waals surface area contributed by atoms with E-state index in [1.165, 1.54) is 0 Å². The van der Waals surface area contributed by atoms with Crippen LogP contribution in [0.25, 0.3) is 11.5 Å². The molecule has 0 aliphatic heterocycles. The molecule has 0 saturated heterocycles. The van der Waals surface area contributed by atoms with E-state index in [1.807, 2.05) is 37.3 Å². The molecule has 0 fully saturated rings. The van der Waals surface area contributed by atoms with E-state index in [2.05, 4.69) is 10.2 Å². The molecule has 0 N–H and O–H groups in total. The van der Waals surface area contributed by atoms with Gasteiger partial charge in [-0.3, -0.25) is 0 Å². The van der Waals surface area contributed by atoms with Crippen molar-refractivity contribution >= 4 is 23.2 Å². The largest absolute Gasteiger partial charge is 0.479 e. The van der Waals surface area contributed by atoms with Crippen molar-refractivity contribution in [1.82, 2.24) is 10.2 Å². The van der Waals surface area contributed by atoms with Crippen LogP contribution in [0.4, 0.5) is 0 Å². The molecule has 6 heteroatoms. The first kappa shape index (κ1) is 14.9. The number of rotatable bonds is 4. The van der Waals surface area contributed by atoms with Crippen LogP contribution in [0.2, 0.25) is 10.0 Å². The van der Waals surface area contributed by atoms with Crippen molar-refractivity contribution in [2.75, 3.05) is 0 Å². The van der Waals surface area contributed by atoms with Gasteiger partial charge in [0.2, 0.25) is 5.89 Å². The van der Waals surface area contributed by atoms with Gasteiger partial charge in [-0.25, -0.2) is 0 Å². The van der Waals surface area contributed by atoms with Crippen LogP contribution in [0.5, 0.6) is 5.75 Å². The lowest BCUT2D eigenvalue weighted by Gasteiger charge is -2.12. The normalized spacial score (nSPS) is 12.1. The van der Waals surface area contributed by atoms with Gasteiger partial charge in [0.1, 0.15) is 5.75 Å². The van der Waals surface area contributed by atoms with Gasteiger partial charge in [0.25, 0.3) is 5.89 Å². The molecule has 4 nitrogen and oxygen atoms in total. The quantitative estimate of drug-likeness (QED) is 0.659. The van der Waals surface area contributed by atoms with Crippen molar-refractivity contribution in [3.05, 3.63) is 64.5 Å². The number of hydrogen-bond donors (Lipinski definition) is 0. The van der Waals surface area contributed by atoms with E-state index in [0.29, 0.717) is 27.6 Å². The van der Waals surface area contributed by atoms with Gasteiger partial charge in [-0.15, -0.1) is 10.2 Å². The second-order valence-electron chi connectivity index (χ2n) is 4.65. The highest BCUT2D eigenvalue weighted by Gasteiger charge is 2.17. The maximum Gasteiger partial charge on any atom is 0.257 e. The van der Waals surface area contributed by atoms with Crippen molar-refractivity contribution in [3.63, 3.8) is 0 Å². The topological polar surface area (TPSA) is 48.2 Å². The number of aromatic nitrogens is 2. The highest BCUT2D eigenvalue weighted by atomic mass is 35.5. The molecule has 1 atom stereocenters. The first-order valence-electron chi connectivity index (χ1n) is 6.64. The Balaban J connectivity index is 1.78. The summed E-state index contributed by atoms with van der Waals surface area (Å²) in [7, 11) is 0. The standard InChI is InChI=1S/C16H12Cl2N2O2/c1-10(21-14-8-7-12(17)9-13(14)18)15-19-20-16(22-15)11-5-3-2-4-6-11/h2-10H,1H3/t10-/m1/s1. The number of halogens is 2. The fourth-order valence-electron chi connectivity index (χ4n) is 1.91. The molecule has 112 valence electrons. The third-order valence-electron chi connectivity index (χ3n) is 3.01. The first-order chi connectivity index (χ1) is 10.6. The molecule has 2 aromatic carbocycles. The molecule has 3 rings (SSSR count). The zero-order valence-corrected chi connectivity index (χ0v) is 13.2. The molecular formula is C16H12Cl2N2O2. The van der Waals surface area contributed by atoms with Crippen molar-refractivity contribution < 1.29 is 9.15 Å². The average molecular weight is 335 g/mol. The Bertz CT molecular complexity index is 775. The lowest BCUT2D eigenvalue weighted by atomic mass is 10.2. The lowest BCUT2D eigenvalue weighted by molar-refractivity contribution is 0.190. The third kappa shape index (κ3) is 3.24. The summed E-state index contributed by atoms with van der Waals surface area (Å²) in [5, 5.41) is 9.04. The Morgan fingerprint density at radius 3 is 2.55 bits per heavy atom. The zero-order chi connectivity index (χ0) is 15.5. The van der Waals surface area contributed by atoms with E-state index in [1.54, 1.807) is 18.2 Å². The Morgan fingerprint density at radius 2 is 1.82 bits per heavy atom. The first-order valence-corrected chi connectivity index (χ1v) is 7.39. The average Bonchev–Trinajstić information content (AvgIpc) is 3.01. The van der Waals surface area contributed by atoms with Crippen LogP contribution in [0.1, 0.15) is 18.9 Å². The van der Waals surface area contributed by atoms with Gasteiger partial charge in [-0.1, -0.05) is 41.4 Å². The van der Waals surface area contributed by atoms with Crippen molar-refractivity contribution in [3.8, 4) is 17.2 Å². The molecular weight excluding hydrogens is 323 g/mol. The third-order valence-corrected chi connectivity index (χ3v) is 3.54. The van der Waals surface area contributed by atoms with Crippen LogP contribution in [-0.2, 0) is 0 Å². The Labute approximate surface area is 137 Å². The summed E-state index contributed by atoms with van der Waals surface area (Å²) in [5.41, 5.74) is 0.859. The molecule has 0 aliphatic carbocycles. The minimum Gasteiger partial charge on any atom is -0.479 e. The SMILES string of the molecule is C[C@@H](Oc1ccc(Cl)cc1Cl)c1nnc(-c2ccccc2)o1. The van der Waals surface area contributed by atoms with Gasteiger partial charge in [0.15, 0.2) is 6.10 Å². The van der Waals surface area contributed by atoms with Gasteiger partial charge in [-0.2, -0.15) is 0 Å². The summed E-state index contributed by atoms with van der Waals surface area (Å²) < 4.78 is 11.4. The molecule has 3 aromatic rings. The minimum atomic E-state index is -0.427. The number of hydrogen-bond acceptors (Lipinski definition) is 4. The van der Waals surface area contributed by atoms with Gasteiger partial charge >= 0.3 is 0 Å².